The molecule has 0 radical (unpaired) electrons. The number of nitrogens with one attached hydrogen (secondary N) is 1. The first kappa shape index (κ1) is 10.8. The quantitative estimate of drug-likeness (QED) is 0.835. The van der Waals surface area contributed by atoms with Gasteiger partial charge < -0.3 is 10.1 Å². The summed E-state index contributed by atoms with van der Waals surface area (Å²) in [7, 11) is 0. The summed E-state index contributed by atoms with van der Waals surface area (Å²) in [5.41, 5.74) is 2.35. The van der Waals surface area contributed by atoms with Crippen LogP contribution in [-0.4, -0.2) is 19.3 Å². The maximum Gasteiger partial charge on any atom is 0.0667 e. The highest BCUT2D eigenvalue weighted by Crippen LogP contribution is 2.22. The van der Waals surface area contributed by atoms with E-state index in [4.69, 9.17) is 16.3 Å². The van der Waals surface area contributed by atoms with Crippen molar-refractivity contribution in [1.82, 2.24) is 0 Å². The Bertz CT molecular complexity index is 334. The Morgan fingerprint density at radius 1 is 1.47 bits per heavy atom. The minimum absolute atomic E-state index is 0.427. The van der Waals surface area contributed by atoms with Crippen molar-refractivity contribution in [3.05, 3.63) is 28.8 Å². The summed E-state index contributed by atoms with van der Waals surface area (Å²) in [6.45, 7) is 3.78. The molecule has 1 aromatic carbocycles. The van der Waals surface area contributed by atoms with E-state index in [1.54, 1.807) is 0 Å². The van der Waals surface area contributed by atoms with Gasteiger partial charge >= 0.3 is 0 Å². The standard InChI is InChI=1S/C12H16ClNO/c1-9-4-5-10(13)7-12(9)14-11-3-2-6-15-8-11/h4-5,7,11,14H,2-3,6,8H2,1H3. The molecule has 15 heavy (non-hydrogen) atoms. The third-order valence-corrected chi connectivity index (χ3v) is 2.95. The van der Waals surface area contributed by atoms with Crippen LogP contribution in [0, 0.1) is 6.92 Å². The molecule has 1 N–H and O–H groups in total. The van der Waals surface area contributed by atoms with Gasteiger partial charge in [0.15, 0.2) is 0 Å². The summed E-state index contributed by atoms with van der Waals surface area (Å²) in [6.07, 6.45) is 2.31. The monoisotopic (exact) mass is 225 g/mol. The van der Waals surface area contributed by atoms with Crippen LogP contribution in [-0.2, 0) is 4.74 Å². The zero-order chi connectivity index (χ0) is 10.7. The number of benzene rings is 1. The van der Waals surface area contributed by atoms with Gasteiger partial charge in [-0.3, -0.25) is 0 Å². The van der Waals surface area contributed by atoms with E-state index in [1.807, 2.05) is 18.2 Å². The predicted molar refractivity (Wildman–Crippen MR) is 63.7 cm³/mol. The van der Waals surface area contributed by atoms with Gasteiger partial charge in [-0.05, 0) is 37.5 Å². The zero-order valence-electron chi connectivity index (χ0n) is 8.92. The van der Waals surface area contributed by atoms with Gasteiger partial charge in [-0.25, -0.2) is 0 Å². The van der Waals surface area contributed by atoms with E-state index >= 15 is 0 Å². The number of rotatable bonds is 2. The van der Waals surface area contributed by atoms with Crippen molar-refractivity contribution in [2.45, 2.75) is 25.8 Å². The van der Waals surface area contributed by atoms with Crippen LogP contribution >= 0.6 is 11.6 Å². The van der Waals surface area contributed by atoms with Crippen molar-refractivity contribution >= 4 is 17.3 Å². The van der Waals surface area contributed by atoms with Gasteiger partial charge in [0.25, 0.3) is 0 Å². The topological polar surface area (TPSA) is 21.3 Å². The molecular formula is C12H16ClNO. The molecule has 82 valence electrons. The third kappa shape index (κ3) is 2.86. The first-order valence-corrected chi connectivity index (χ1v) is 5.74. The van der Waals surface area contributed by atoms with Crippen molar-refractivity contribution < 1.29 is 4.74 Å². The minimum atomic E-state index is 0.427. The largest absolute Gasteiger partial charge is 0.380 e. The molecule has 1 aliphatic rings. The average molecular weight is 226 g/mol. The second kappa shape index (κ2) is 4.86. The third-order valence-electron chi connectivity index (χ3n) is 2.72. The van der Waals surface area contributed by atoms with Crippen molar-refractivity contribution in [1.29, 1.82) is 0 Å². The van der Waals surface area contributed by atoms with Gasteiger partial charge in [-0.1, -0.05) is 17.7 Å². The molecule has 0 saturated carbocycles. The molecule has 2 rings (SSSR count). The highest BCUT2D eigenvalue weighted by atomic mass is 35.5. The molecular weight excluding hydrogens is 210 g/mol. The van der Waals surface area contributed by atoms with E-state index in [2.05, 4.69) is 12.2 Å². The summed E-state index contributed by atoms with van der Waals surface area (Å²) in [5.74, 6) is 0. The molecule has 0 amide bonds. The van der Waals surface area contributed by atoms with Crippen LogP contribution in [0.5, 0.6) is 0 Å². The van der Waals surface area contributed by atoms with Crippen molar-refractivity contribution in [2.75, 3.05) is 18.5 Å². The molecule has 0 aromatic heterocycles. The normalized spacial score (nSPS) is 21.3. The lowest BCUT2D eigenvalue weighted by molar-refractivity contribution is 0.0876. The van der Waals surface area contributed by atoms with Crippen LogP contribution in [0.1, 0.15) is 18.4 Å². The molecule has 1 heterocycles. The van der Waals surface area contributed by atoms with Crippen LogP contribution in [0.2, 0.25) is 5.02 Å². The molecule has 0 spiro atoms. The number of halogens is 1. The second-order valence-electron chi connectivity index (χ2n) is 4.02. The van der Waals surface area contributed by atoms with E-state index in [1.165, 1.54) is 12.0 Å². The smallest absolute Gasteiger partial charge is 0.0667 e. The summed E-state index contributed by atoms with van der Waals surface area (Å²) >= 11 is 5.96. The van der Waals surface area contributed by atoms with E-state index in [0.29, 0.717) is 6.04 Å². The highest BCUT2D eigenvalue weighted by molar-refractivity contribution is 6.30. The Balaban J connectivity index is 2.05. The summed E-state index contributed by atoms with van der Waals surface area (Å²) < 4.78 is 5.43. The van der Waals surface area contributed by atoms with E-state index < -0.39 is 0 Å². The fraction of sp³-hybridized carbons (Fsp3) is 0.500. The first-order chi connectivity index (χ1) is 7.25. The summed E-state index contributed by atoms with van der Waals surface area (Å²) in [4.78, 5) is 0. The van der Waals surface area contributed by atoms with Gasteiger partial charge in [0.1, 0.15) is 0 Å². The van der Waals surface area contributed by atoms with Crippen LogP contribution in [0.25, 0.3) is 0 Å². The van der Waals surface area contributed by atoms with Crippen LogP contribution in [0.15, 0.2) is 18.2 Å². The maximum absolute atomic E-state index is 5.96. The fourth-order valence-electron chi connectivity index (χ4n) is 1.82. The Kier molecular flexibility index (Phi) is 3.49. The molecule has 1 unspecified atom stereocenters. The Labute approximate surface area is 95.6 Å². The lowest BCUT2D eigenvalue weighted by Crippen LogP contribution is -2.30. The Hall–Kier alpha value is -0.730. The molecule has 0 bridgehead atoms. The number of hydrogen-bond donors (Lipinski definition) is 1. The van der Waals surface area contributed by atoms with Crippen molar-refractivity contribution in [3.63, 3.8) is 0 Å². The average Bonchev–Trinajstić information content (AvgIpc) is 2.25. The molecule has 2 nitrogen and oxygen atoms in total. The SMILES string of the molecule is Cc1ccc(Cl)cc1NC1CCCOC1. The Morgan fingerprint density at radius 3 is 3.07 bits per heavy atom. The first-order valence-electron chi connectivity index (χ1n) is 5.36. The van der Waals surface area contributed by atoms with Gasteiger partial charge in [0.05, 0.1) is 6.61 Å². The van der Waals surface area contributed by atoms with E-state index in [9.17, 15) is 0 Å². The summed E-state index contributed by atoms with van der Waals surface area (Å²) in [6, 6.07) is 6.36. The van der Waals surface area contributed by atoms with Crippen LogP contribution < -0.4 is 5.32 Å². The number of hydrogen-bond acceptors (Lipinski definition) is 2. The van der Waals surface area contributed by atoms with Crippen molar-refractivity contribution in [2.24, 2.45) is 0 Å². The fourth-order valence-corrected chi connectivity index (χ4v) is 2.00. The van der Waals surface area contributed by atoms with Crippen LogP contribution in [0.3, 0.4) is 0 Å². The molecule has 0 aliphatic carbocycles. The second-order valence-corrected chi connectivity index (χ2v) is 4.45. The lowest BCUT2D eigenvalue weighted by atomic mass is 10.1. The van der Waals surface area contributed by atoms with Gasteiger partial charge in [0, 0.05) is 23.4 Å². The summed E-state index contributed by atoms with van der Waals surface area (Å²) in [5, 5.41) is 4.26. The Morgan fingerprint density at radius 2 is 2.33 bits per heavy atom. The minimum Gasteiger partial charge on any atom is -0.380 e. The molecule has 1 fully saturated rings. The molecule has 1 saturated heterocycles. The highest BCUT2D eigenvalue weighted by Gasteiger charge is 2.14. The molecule has 1 aromatic rings. The molecule has 3 heteroatoms. The van der Waals surface area contributed by atoms with Crippen LogP contribution in [0.4, 0.5) is 5.69 Å². The number of anilines is 1. The number of ether oxygens (including phenoxy) is 1. The van der Waals surface area contributed by atoms with Gasteiger partial charge in [-0.15, -0.1) is 0 Å². The number of aryl methyl sites for hydroxylation is 1. The lowest BCUT2D eigenvalue weighted by Gasteiger charge is -2.25. The molecule has 1 aliphatic heterocycles. The van der Waals surface area contributed by atoms with E-state index in [-0.39, 0.29) is 0 Å². The predicted octanol–water partition coefficient (Wildman–Crippen LogP) is 3.24. The molecule has 1 atom stereocenters. The van der Waals surface area contributed by atoms with Gasteiger partial charge in [0.2, 0.25) is 0 Å². The maximum atomic E-state index is 5.96. The van der Waals surface area contributed by atoms with Crippen molar-refractivity contribution in [3.8, 4) is 0 Å². The van der Waals surface area contributed by atoms with Gasteiger partial charge in [-0.2, -0.15) is 0 Å². The zero-order valence-corrected chi connectivity index (χ0v) is 9.68. The van der Waals surface area contributed by atoms with E-state index in [0.717, 1.165) is 30.3 Å².